The molecule has 1 fully saturated rings. The molecule has 1 aromatic heterocycles. The van der Waals surface area contributed by atoms with Crippen LogP contribution in [0.2, 0.25) is 0 Å². The fourth-order valence-corrected chi connectivity index (χ4v) is 2.45. The van der Waals surface area contributed by atoms with Crippen molar-refractivity contribution in [3.05, 3.63) is 30.1 Å². The normalized spacial score (nSPS) is 16.9. The van der Waals surface area contributed by atoms with Crippen LogP contribution in [0.5, 0.6) is 0 Å². The summed E-state index contributed by atoms with van der Waals surface area (Å²) in [7, 11) is 1.72. The predicted molar refractivity (Wildman–Crippen MR) is 71.3 cm³/mol. The van der Waals surface area contributed by atoms with Crippen LogP contribution in [-0.2, 0) is 11.3 Å². The van der Waals surface area contributed by atoms with Gasteiger partial charge in [0.25, 0.3) is 0 Å². The minimum Gasteiger partial charge on any atom is -0.379 e. The van der Waals surface area contributed by atoms with Gasteiger partial charge in [-0.3, -0.25) is 0 Å². The summed E-state index contributed by atoms with van der Waals surface area (Å²) in [5, 5.41) is 12.3. The summed E-state index contributed by atoms with van der Waals surface area (Å²) < 4.78 is 18.7. The van der Waals surface area contributed by atoms with Gasteiger partial charge in [-0.25, -0.2) is 4.39 Å². The number of nitrogens with zero attached hydrogens (tertiary/aromatic N) is 4. The maximum atomic E-state index is 13.2. The average molecular weight is 276 g/mol. The van der Waals surface area contributed by atoms with Crippen molar-refractivity contribution < 1.29 is 9.13 Å². The van der Waals surface area contributed by atoms with Gasteiger partial charge in [-0.15, -0.1) is 10.2 Å². The third kappa shape index (κ3) is 2.70. The van der Waals surface area contributed by atoms with Crippen molar-refractivity contribution >= 4 is 0 Å². The third-order valence-corrected chi connectivity index (χ3v) is 3.86. The fourth-order valence-electron chi connectivity index (χ4n) is 2.45. The molecule has 6 heteroatoms. The molecule has 5 nitrogen and oxygen atoms in total. The Morgan fingerprint density at radius 2 is 2.30 bits per heavy atom. The molecule has 20 heavy (non-hydrogen) atoms. The van der Waals surface area contributed by atoms with Crippen molar-refractivity contribution in [2.45, 2.75) is 31.9 Å². The van der Waals surface area contributed by atoms with Gasteiger partial charge in [0.2, 0.25) is 5.82 Å². The van der Waals surface area contributed by atoms with Crippen LogP contribution in [-0.4, -0.2) is 33.4 Å². The van der Waals surface area contributed by atoms with Gasteiger partial charge in [-0.2, -0.15) is 4.80 Å². The quantitative estimate of drug-likeness (QED) is 0.840. The van der Waals surface area contributed by atoms with Crippen molar-refractivity contribution in [1.82, 2.24) is 20.2 Å². The third-order valence-electron chi connectivity index (χ3n) is 3.86. The Balaban J connectivity index is 1.73. The zero-order valence-corrected chi connectivity index (χ0v) is 11.4. The highest BCUT2D eigenvalue weighted by molar-refractivity contribution is 5.53. The van der Waals surface area contributed by atoms with Gasteiger partial charge < -0.3 is 4.74 Å². The Bertz CT molecular complexity index is 582. The smallest absolute Gasteiger partial charge is 0.205 e. The van der Waals surface area contributed by atoms with Crippen LogP contribution in [0, 0.1) is 11.7 Å². The second kappa shape index (κ2) is 5.66. The second-order valence-electron chi connectivity index (χ2n) is 5.14. The van der Waals surface area contributed by atoms with Crippen molar-refractivity contribution in [2.75, 3.05) is 7.11 Å². The van der Waals surface area contributed by atoms with Gasteiger partial charge in [-0.05, 0) is 36.1 Å². The molecule has 106 valence electrons. The van der Waals surface area contributed by atoms with Gasteiger partial charge in [0, 0.05) is 12.7 Å². The number of ether oxygens (including phenoxy) is 1. The maximum absolute atomic E-state index is 13.2. The molecule has 1 atom stereocenters. The Morgan fingerprint density at radius 3 is 2.95 bits per heavy atom. The molecule has 1 saturated carbocycles. The molecule has 0 N–H and O–H groups in total. The molecule has 3 rings (SSSR count). The molecule has 1 aromatic carbocycles. The molecule has 1 aliphatic carbocycles. The van der Waals surface area contributed by atoms with E-state index in [0.717, 1.165) is 0 Å². The number of methoxy groups -OCH3 is 1. The van der Waals surface area contributed by atoms with E-state index in [9.17, 15) is 4.39 Å². The van der Waals surface area contributed by atoms with E-state index in [4.69, 9.17) is 4.74 Å². The summed E-state index contributed by atoms with van der Waals surface area (Å²) in [6.45, 7) is 0.587. The van der Waals surface area contributed by atoms with Crippen LogP contribution in [0.1, 0.15) is 19.3 Å². The minimum atomic E-state index is -0.303. The predicted octanol–water partition coefficient (Wildman–Crippen LogP) is 2.29. The molecule has 1 heterocycles. The molecule has 0 radical (unpaired) electrons. The monoisotopic (exact) mass is 276 g/mol. The number of rotatable bonds is 5. The number of aromatic nitrogens is 4. The van der Waals surface area contributed by atoms with E-state index < -0.39 is 0 Å². The highest BCUT2D eigenvalue weighted by Gasteiger charge is 2.28. The molecule has 1 unspecified atom stereocenters. The van der Waals surface area contributed by atoms with Crippen LogP contribution in [0.3, 0.4) is 0 Å². The van der Waals surface area contributed by atoms with Gasteiger partial charge in [-0.1, -0.05) is 18.6 Å². The van der Waals surface area contributed by atoms with E-state index in [0.29, 0.717) is 23.9 Å². The van der Waals surface area contributed by atoms with Crippen LogP contribution >= 0.6 is 0 Å². The Morgan fingerprint density at radius 1 is 1.45 bits per heavy atom. The fraction of sp³-hybridized carbons (Fsp3) is 0.500. The highest BCUT2D eigenvalue weighted by atomic mass is 19.1. The first-order chi connectivity index (χ1) is 9.76. The van der Waals surface area contributed by atoms with Crippen molar-refractivity contribution in [3.8, 4) is 11.4 Å². The van der Waals surface area contributed by atoms with E-state index in [1.54, 1.807) is 19.2 Å². The molecule has 0 spiro atoms. The Labute approximate surface area is 116 Å². The molecular weight excluding hydrogens is 259 g/mol. The standard InChI is InChI=1S/C14H17FN4O/c1-20-13(10-4-2-5-10)9-19-17-14(16-18-19)11-6-3-7-12(15)8-11/h3,6-8,10,13H,2,4-5,9H2,1H3. The summed E-state index contributed by atoms with van der Waals surface area (Å²) in [4.78, 5) is 1.53. The van der Waals surface area contributed by atoms with E-state index in [-0.39, 0.29) is 11.9 Å². The Kier molecular flexibility index (Phi) is 3.73. The van der Waals surface area contributed by atoms with Gasteiger partial charge in [0.15, 0.2) is 0 Å². The molecule has 1 aliphatic rings. The first-order valence-electron chi connectivity index (χ1n) is 6.83. The molecule has 0 amide bonds. The lowest BCUT2D eigenvalue weighted by Crippen LogP contribution is -2.33. The largest absolute Gasteiger partial charge is 0.379 e. The maximum Gasteiger partial charge on any atom is 0.205 e. The van der Waals surface area contributed by atoms with E-state index in [1.165, 1.54) is 36.2 Å². The lowest BCUT2D eigenvalue weighted by Gasteiger charge is -2.32. The van der Waals surface area contributed by atoms with Gasteiger partial charge >= 0.3 is 0 Å². The number of benzene rings is 1. The molecule has 2 aromatic rings. The van der Waals surface area contributed by atoms with Crippen LogP contribution in [0.25, 0.3) is 11.4 Å². The summed E-state index contributed by atoms with van der Waals surface area (Å²) >= 11 is 0. The SMILES string of the molecule is COC(Cn1nnc(-c2cccc(F)c2)n1)C1CCC1. The highest BCUT2D eigenvalue weighted by Crippen LogP contribution is 2.31. The lowest BCUT2D eigenvalue weighted by atomic mass is 9.81. The first-order valence-corrected chi connectivity index (χ1v) is 6.83. The molecule has 0 saturated heterocycles. The number of tetrazole rings is 1. The minimum absolute atomic E-state index is 0.123. The van der Waals surface area contributed by atoms with E-state index in [2.05, 4.69) is 15.4 Å². The lowest BCUT2D eigenvalue weighted by molar-refractivity contribution is 0.00254. The molecule has 0 aliphatic heterocycles. The summed E-state index contributed by atoms with van der Waals surface area (Å²) in [5.41, 5.74) is 0.633. The van der Waals surface area contributed by atoms with Crippen LogP contribution in [0.4, 0.5) is 4.39 Å². The number of hydrogen-bond donors (Lipinski definition) is 0. The zero-order valence-electron chi connectivity index (χ0n) is 11.4. The van der Waals surface area contributed by atoms with Crippen molar-refractivity contribution in [1.29, 1.82) is 0 Å². The first kappa shape index (κ1) is 13.2. The number of hydrogen-bond acceptors (Lipinski definition) is 4. The van der Waals surface area contributed by atoms with E-state index in [1.807, 2.05) is 0 Å². The van der Waals surface area contributed by atoms with Gasteiger partial charge in [0.1, 0.15) is 5.82 Å². The topological polar surface area (TPSA) is 52.8 Å². The summed E-state index contributed by atoms with van der Waals surface area (Å²) in [6.07, 6.45) is 3.79. The average Bonchev–Trinajstić information content (AvgIpc) is 2.84. The van der Waals surface area contributed by atoms with Crippen LogP contribution in [0.15, 0.2) is 24.3 Å². The van der Waals surface area contributed by atoms with Crippen molar-refractivity contribution in [2.24, 2.45) is 5.92 Å². The summed E-state index contributed by atoms with van der Waals surface area (Å²) in [5.74, 6) is 0.722. The van der Waals surface area contributed by atoms with Crippen LogP contribution < -0.4 is 0 Å². The molecule has 0 bridgehead atoms. The Hall–Kier alpha value is -1.82. The summed E-state index contributed by atoms with van der Waals surface area (Å²) in [6, 6.07) is 6.20. The zero-order chi connectivity index (χ0) is 13.9. The number of halogens is 1. The molecular formula is C14H17FN4O. The van der Waals surface area contributed by atoms with Crippen molar-refractivity contribution in [3.63, 3.8) is 0 Å². The van der Waals surface area contributed by atoms with Gasteiger partial charge in [0.05, 0.1) is 12.6 Å². The second-order valence-corrected chi connectivity index (χ2v) is 5.14. The van der Waals surface area contributed by atoms with E-state index >= 15 is 0 Å².